The van der Waals surface area contributed by atoms with Crippen LogP contribution in [0.1, 0.15) is 10.4 Å². The van der Waals surface area contributed by atoms with Gasteiger partial charge in [-0.15, -0.1) is 0 Å². The molecule has 0 aromatic heterocycles. The molecule has 0 bridgehead atoms. The van der Waals surface area contributed by atoms with E-state index in [2.05, 4.69) is 15.9 Å². The molecule has 1 heterocycles. The van der Waals surface area contributed by atoms with E-state index in [0.29, 0.717) is 4.47 Å². The summed E-state index contributed by atoms with van der Waals surface area (Å²) in [4.78, 5) is 14.3. The van der Waals surface area contributed by atoms with Crippen LogP contribution in [0.2, 0.25) is 0 Å². The maximum absolute atomic E-state index is 13.8. The summed E-state index contributed by atoms with van der Waals surface area (Å²) < 4.78 is 46.2. The lowest BCUT2D eigenvalue weighted by molar-refractivity contribution is 0.0697. The highest BCUT2D eigenvalue weighted by Crippen LogP contribution is 2.23. The fourth-order valence-corrected chi connectivity index (χ4v) is 4.91. The number of carbonyl (C=O) groups is 1. The third kappa shape index (κ3) is 4.15. The van der Waals surface area contributed by atoms with Crippen molar-refractivity contribution >= 4 is 31.9 Å². The van der Waals surface area contributed by atoms with Gasteiger partial charge >= 0.3 is 0 Å². The Balaban J connectivity index is 1.70. The Kier molecular flexibility index (Phi) is 5.83. The van der Waals surface area contributed by atoms with Gasteiger partial charge in [0.05, 0.1) is 12.0 Å². The number of piperazine rings is 1. The Morgan fingerprint density at radius 1 is 1.11 bits per heavy atom. The molecule has 144 valence electrons. The summed E-state index contributed by atoms with van der Waals surface area (Å²) in [6, 6.07) is 10.5. The van der Waals surface area contributed by atoms with E-state index in [0.717, 1.165) is 6.07 Å². The molecule has 0 radical (unpaired) electrons. The zero-order chi connectivity index (χ0) is 19.6. The van der Waals surface area contributed by atoms with Gasteiger partial charge in [0.2, 0.25) is 10.0 Å². The van der Waals surface area contributed by atoms with Crippen LogP contribution in [-0.4, -0.2) is 56.8 Å². The molecule has 0 N–H and O–H groups in total. The summed E-state index contributed by atoms with van der Waals surface area (Å²) >= 11 is 3.27. The highest BCUT2D eigenvalue weighted by molar-refractivity contribution is 9.10. The molecule has 2 aromatic rings. The molecule has 0 atom stereocenters. The number of benzene rings is 2. The molecule has 0 aliphatic carbocycles. The molecule has 9 heteroatoms. The van der Waals surface area contributed by atoms with Crippen LogP contribution in [0.4, 0.5) is 4.39 Å². The molecule has 27 heavy (non-hydrogen) atoms. The van der Waals surface area contributed by atoms with E-state index in [-0.39, 0.29) is 48.3 Å². The van der Waals surface area contributed by atoms with E-state index in [1.807, 2.05) is 0 Å². The van der Waals surface area contributed by atoms with Crippen molar-refractivity contribution in [3.05, 3.63) is 58.3 Å². The Morgan fingerprint density at radius 3 is 2.41 bits per heavy atom. The first kappa shape index (κ1) is 19.8. The number of rotatable bonds is 4. The number of hydrogen-bond donors (Lipinski definition) is 0. The minimum absolute atomic E-state index is 0.0662. The monoisotopic (exact) mass is 456 g/mol. The number of amides is 1. The standard InChI is InChI=1S/C18H18BrFN2O4S/c1-26-17-6-5-13(11-16(17)20)18(23)21-7-9-22(10-8-21)27(24,25)15-4-2-3-14(19)12-15/h2-6,11-12H,7-10H2,1H3. The van der Waals surface area contributed by atoms with Gasteiger partial charge in [0.1, 0.15) is 0 Å². The smallest absolute Gasteiger partial charge is 0.254 e. The van der Waals surface area contributed by atoms with Gasteiger partial charge < -0.3 is 9.64 Å². The normalized spacial score (nSPS) is 15.6. The van der Waals surface area contributed by atoms with E-state index < -0.39 is 15.8 Å². The fraction of sp³-hybridized carbons (Fsp3) is 0.278. The molecule has 0 saturated carbocycles. The average Bonchev–Trinajstić information content (AvgIpc) is 2.67. The van der Waals surface area contributed by atoms with Crippen molar-refractivity contribution in [2.24, 2.45) is 0 Å². The second kappa shape index (κ2) is 7.95. The number of nitrogens with zero attached hydrogens (tertiary/aromatic N) is 2. The van der Waals surface area contributed by atoms with E-state index in [9.17, 15) is 17.6 Å². The Morgan fingerprint density at radius 2 is 1.81 bits per heavy atom. The zero-order valence-electron chi connectivity index (χ0n) is 14.6. The molecular formula is C18H18BrFN2O4S. The van der Waals surface area contributed by atoms with Crippen LogP contribution in [0.15, 0.2) is 51.8 Å². The van der Waals surface area contributed by atoms with Gasteiger partial charge in [0.25, 0.3) is 5.91 Å². The lowest BCUT2D eigenvalue weighted by Gasteiger charge is -2.34. The van der Waals surface area contributed by atoms with Gasteiger partial charge in [0, 0.05) is 36.2 Å². The van der Waals surface area contributed by atoms with E-state index in [1.54, 1.807) is 18.2 Å². The van der Waals surface area contributed by atoms with E-state index >= 15 is 0 Å². The SMILES string of the molecule is COc1ccc(C(=O)N2CCN(S(=O)(=O)c3cccc(Br)c3)CC2)cc1F. The number of hydrogen-bond acceptors (Lipinski definition) is 4. The topological polar surface area (TPSA) is 66.9 Å². The number of methoxy groups -OCH3 is 1. The lowest BCUT2D eigenvalue weighted by atomic mass is 10.1. The fourth-order valence-electron chi connectivity index (χ4n) is 2.89. The highest BCUT2D eigenvalue weighted by atomic mass is 79.9. The molecule has 0 spiro atoms. The van der Waals surface area contributed by atoms with Crippen molar-refractivity contribution < 1.29 is 22.3 Å². The van der Waals surface area contributed by atoms with Crippen LogP contribution in [0.25, 0.3) is 0 Å². The second-order valence-corrected chi connectivity index (χ2v) is 8.86. The van der Waals surface area contributed by atoms with Crippen LogP contribution in [0, 0.1) is 5.82 Å². The third-order valence-corrected chi connectivity index (χ3v) is 6.75. The van der Waals surface area contributed by atoms with Crippen LogP contribution < -0.4 is 4.74 Å². The zero-order valence-corrected chi connectivity index (χ0v) is 17.0. The van der Waals surface area contributed by atoms with Gasteiger partial charge in [-0.25, -0.2) is 12.8 Å². The van der Waals surface area contributed by atoms with Crippen LogP contribution in [-0.2, 0) is 10.0 Å². The van der Waals surface area contributed by atoms with Crippen LogP contribution in [0.3, 0.4) is 0 Å². The van der Waals surface area contributed by atoms with Gasteiger partial charge in [-0.05, 0) is 36.4 Å². The summed E-state index contributed by atoms with van der Waals surface area (Å²) in [5, 5.41) is 0. The Labute approximate surface area is 165 Å². The number of sulfonamides is 1. The summed E-state index contributed by atoms with van der Waals surface area (Å²) in [5.74, 6) is -0.883. The third-order valence-electron chi connectivity index (χ3n) is 4.36. The molecule has 1 saturated heterocycles. The molecule has 6 nitrogen and oxygen atoms in total. The molecule has 0 unspecified atom stereocenters. The van der Waals surface area contributed by atoms with Crippen molar-refractivity contribution in [2.45, 2.75) is 4.90 Å². The first-order valence-electron chi connectivity index (χ1n) is 8.21. The first-order valence-corrected chi connectivity index (χ1v) is 10.4. The maximum atomic E-state index is 13.8. The summed E-state index contributed by atoms with van der Waals surface area (Å²) in [6.07, 6.45) is 0. The number of carbonyl (C=O) groups excluding carboxylic acids is 1. The van der Waals surface area contributed by atoms with E-state index in [4.69, 9.17) is 4.74 Å². The molecule has 1 fully saturated rings. The van der Waals surface area contributed by atoms with Crippen LogP contribution in [0.5, 0.6) is 5.75 Å². The molecule has 3 rings (SSSR count). The molecule has 1 aliphatic rings. The lowest BCUT2D eigenvalue weighted by Crippen LogP contribution is -2.50. The first-order chi connectivity index (χ1) is 12.8. The molecular weight excluding hydrogens is 439 g/mol. The van der Waals surface area contributed by atoms with Crippen molar-refractivity contribution in [1.29, 1.82) is 0 Å². The summed E-state index contributed by atoms with van der Waals surface area (Å²) in [5.41, 5.74) is 0.205. The predicted molar refractivity (Wildman–Crippen MR) is 102 cm³/mol. The Hall–Kier alpha value is -1.97. The van der Waals surface area contributed by atoms with Crippen LogP contribution >= 0.6 is 15.9 Å². The van der Waals surface area contributed by atoms with Gasteiger partial charge in [-0.3, -0.25) is 4.79 Å². The number of ether oxygens (including phenoxy) is 1. The second-order valence-electron chi connectivity index (χ2n) is 6.00. The summed E-state index contributed by atoms with van der Waals surface area (Å²) in [7, 11) is -2.27. The van der Waals surface area contributed by atoms with Gasteiger partial charge in [-0.2, -0.15) is 4.31 Å². The van der Waals surface area contributed by atoms with Crippen molar-refractivity contribution in [3.8, 4) is 5.75 Å². The minimum Gasteiger partial charge on any atom is -0.494 e. The Bertz CT molecular complexity index is 960. The highest BCUT2D eigenvalue weighted by Gasteiger charge is 2.30. The quantitative estimate of drug-likeness (QED) is 0.709. The predicted octanol–water partition coefficient (Wildman–Crippen LogP) is 2.74. The minimum atomic E-state index is -3.63. The molecule has 1 amide bonds. The summed E-state index contributed by atoms with van der Waals surface area (Å²) in [6.45, 7) is 0.831. The average molecular weight is 457 g/mol. The van der Waals surface area contributed by atoms with Crippen molar-refractivity contribution in [1.82, 2.24) is 9.21 Å². The van der Waals surface area contributed by atoms with Gasteiger partial charge in [0.15, 0.2) is 11.6 Å². The van der Waals surface area contributed by atoms with Crippen molar-refractivity contribution in [3.63, 3.8) is 0 Å². The van der Waals surface area contributed by atoms with E-state index in [1.165, 1.54) is 34.5 Å². The van der Waals surface area contributed by atoms with Gasteiger partial charge in [-0.1, -0.05) is 22.0 Å². The molecule has 2 aromatic carbocycles. The molecule has 1 aliphatic heterocycles. The van der Waals surface area contributed by atoms with Crippen molar-refractivity contribution in [2.75, 3.05) is 33.3 Å². The largest absolute Gasteiger partial charge is 0.494 e. The maximum Gasteiger partial charge on any atom is 0.254 e. The number of halogens is 2.